The molecular formula is C25H26N2O4S. The first kappa shape index (κ1) is 20.9. The molecule has 0 fully saturated rings. The van der Waals surface area contributed by atoms with Crippen molar-refractivity contribution in [1.29, 1.82) is 0 Å². The fraction of sp³-hybridized carbons (Fsp3) is 0.360. The van der Waals surface area contributed by atoms with Crippen molar-refractivity contribution < 1.29 is 18.0 Å². The number of fused-ring (bicyclic) bond motifs is 4. The van der Waals surface area contributed by atoms with Gasteiger partial charge in [-0.15, -0.1) is 0 Å². The van der Waals surface area contributed by atoms with Crippen molar-refractivity contribution in [3.8, 4) is 0 Å². The summed E-state index contributed by atoms with van der Waals surface area (Å²) in [5, 5.41) is 1.01. The SMILES string of the molecule is CC1(C)C(=O)N(Cc2ccc(S(C)(=O)=O)cc2)c2cc3c4c([nH]c3cc21)C(=O)CCCC4. The smallest absolute Gasteiger partial charge is 0.237 e. The van der Waals surface area contributed by atoms with Crippen LogP contribution in [0, 0.1) is 0 Å². The fourth-order valence-corrected chi connectivity index (χ4v) is 5.59. The van der Waals surface area contributed by atoms with E-state index in [-0.39, 0.29) is 16.6 Å². The highest BCUT2D eigenvalue weighted by molar-refractivity contribution is 7.90. The van der Waals surface area contributed by atoms with E-state index in [0.29, 0.717) is 18.7 Å². The van der Waals surface area contributed by atoms with Crippen LogP contribution in [0.5, 0.6) is 0 Å². The van der Waals surface area contributed by atoms with E-state index in [1.807, 2.05) is 19.9 Å². The van der Waals surface area contributed by atoms with E-state index in [9.17, 15) is 18.0 Å². The van der Waals surface area contributed by atoms with Gasteiger partial charge in [-0.25, -0.2) is 8.42 Å². The van der Waals surface area contributed by atoms with Crippen LogP contribution in [0.3, 0.4) is 0 Å². The van der Waals surface area contributed by atoms with Crippen LogP contribution in [0.4, 0.5) is 5.69 Å². The number of H-pyrrole nitrogens is 1. The van der Waals surface area contributed by atoms with Gasteiger partial charge in [-0.05, 0) is 74.1 Å². The van der Waals surface area contributed by atoms with Gasteiger partial charge >= 0.3 is 0 Å². The molecule has 0 saturated heterocycles. The number of carbonyl (C=O) groups excluding carboxylic acids is 2. The molecular weight excluding hydrogens is 424 g/mol. The zero-order valence-corrected chi connectivity index (χ0v) is 19.3. The number of aryl methyl sites for hydroxylation is 1. The van der Waals surface area contributed by atoms with Crippen LogP contribution >= 0.6 is 0 Å². The summed E-state index contributed by atoms with van der Waals surface area (Å²) in [6.45, 7) is 4.20. The van der Waals surface area contributed by atoms with Gasteiger partial charge < -0.3 is 9.88 Å². The Kier molecular flexibility index (Phi) is 4.60. The summed E-state index contributed by atoms with van der Waals surface area (Å²) in [5.74, 6) is 0.168. The molecule has 166 valence electrons. The van der Waals surface area contributed by atoms with Gasteiger partial charge in [0, 0.05) is 29.3 Å². The molecule has 0 radical (unpaired) electrons. The highest BCUT2D eigenvalue weighted by Crippen LogP contribution is 2.45. The topological polar surface area (TPSA) is 87.3 Å². The first-order chi connectivity index (χ1) is 15.1. The van der Waals surface area contributed by atoms with Crippen molar-refractivity contribution in [3.05, 3.63) is 58.8 Å². The van der Waals surface area contributed by atoms with Crippen molar-refractivity contribution in [2.75, 3.05) is 11.2 Å². The summed E-state index contributed by atoms with van der Waals surface area (Å²) in [5.41, 5.74) is 4.64. The minimum Gasteiger partial charge on any atom is -0.352 e. The molecule has 0 saturated carbocycles. The van der Waals surface area contributed by atoms with Gasteiger partial charge in [0.25, 0.3) is 0 Å². The van der Waals surface area contributed by atoms with Gasteiger partial charge in [-0.1, -0.05) is 12.1 Å². The Bertz CT molecular complexity index is 1380. The van der Waals surface area contributed by atoms with Crippen molar-refractivity contribution in [3.63, 3.8) is 0 Å². The van der Waals surface area contributed by atoms with E-state index >= 15 is 0 Å². The van der Waals surface area contributed by atoms with Crippen molar-refractivity contribution in [2.24, 2.45) is 0 Å². The Hall–Kier alpha value is -2.93. The van der Waals surface area contributed by atoms with E-state index in [1.54, 1.807) is 29.2 Å². The number of rotatable bonds is 3. The zero-order chi connectivity index (χ0) is 22.8. The van der Waals surface area contributed by atoms with E-state index in [0.717, 1.165) is 52.5 Å². The second-order valence-corrected chi connectivity index (χ2v) is 11.5. The number of aromatic amines is 1. The maximum absolute atomic E-state index is 13.4. The lowest BCUT2D eigenvalue weighted by atomic mass is 9.85. The normalized spacial score (nSPS) is 18.0. The molecule has 5 rings (SSSR count). The Morgan fingerprint density at radius 1 is 1.03 bits per heavy atom. The highest BCUT2D eigenvalue weighted by Gasteiger charge is 2.44. The predicted molar refractivity (Wildman–Crippen MR) is 124 cm³/mol. The molecule has 1 aliphatic heterocycles. The molecule has 0 atom stereocenters. The molecule has 0 bridgehead atoms. The molecule has 7 heteroatoms. The van der Waals surface area contributed by atoms with Gasteiger partial charge in [0.1, 0.15) is 0 Å². The molecule has 1 aliphatic carbocycles. The average Bonchev–Trinajstić information content (AvgIpc) is 3.10. The lowest BCUT2D eigenvalue weighted by Crippen LogP contribution is -2.35. The van der Waals surface area contributed by atoms with Gasteiger partial charge in [-0.2, -0.15) is 0 Å². The number of amides is 1. The molecule has 0 spiro atoms. The number of nitrogens with one attached hydrogen (secondary N) is 1. The number of hydrogen-bond donors (Lipinski definition) is 1. The van der Waals surface area contributed by atoms with Crippen LogP contribution in [0.1, 0.15) is 60.3 Å². The summed E-state index contributed by atoms with van der Waals surface area (Å²) < 4.78 is 23.5. The largest absolute Gasteiger partial charge is 0.352 e. The van der Waals surface area contributed by atoms with Crippen molar-refractivity contribution >= 4 is 38.1 Å². The summed E-state index contributed by atoms with van der Waals surface area (Å²) in [4.78, 5) is 31.3. The lowest BCUT2D eigenvalue weighted by molar-refractivity contribution is -0.122. The molecule has 2 aromatic carbocycles. The number of Topliss-reactive ketones (excluding diaryl/α,β-unsaturated/α-hetero) is 1. The summed E-state index contributed by atoms with van der Waals surface area (Å²) in [6.07, 6.45) is 4.47. The number of aromatic nitrogens is 1. The molecule has 6 nitrogen and oxygen atoms in total. The lowest BCUT2D eigenvalue weighted by Gasteiger charge is -2.20. The van der Waals surface area contributed by atoms with Gasteiger partial charge in [0.05, 0.1) is 22.5 Å². The minimum atomic E-state index is -3.27. The van der Waals surface area contributed by atoms with Crippen LogP contribution < -0.4 is 4.90 Å². The van der Waals surface area contributed by atoms with E-state index in [4.69, 9.17) is 0 Å². The molecule has 1 aromatic heterocycles. The second-order valence-electron chi connectivity index (χ2n) is 9.46. The number of benzene rings is 2. The van der Waals surface area contributed by atoms with E-state index < -0.39 is 15.3 Å². The third-order valence-corrected chi connectivity index (χ3v) is 7.95. The first-order valence-corrected chi connectivity index (χ1v) is 12.8. The summed E-state index contributed by atoms with van der Waals surface area (Å²) in [6, 6.07) is 10.8. The van der Waals surface area contributed by atoms with Gasteiger partial charge in [0.15, 0.2) is 15.6 Å². The molecule has 2 heterocycles. The van der Waals surface area contributed by atoms with Crippen molar-refractivity contribution in [2.45, 2.75) is 56.4 Å². The zero-order valence-electron chi connectivity index (χ0n) is 18.5. The van der Waals surface area contributed by atoms with Crippen molar-refractivity contribution in [1.82, 2.24) is 4.98 Å². The Morgan fingerprint density at radius 2 is 1.72 bits per heavy atom. The van der Waals surface area contributed by atoms with Gasteiger partial charge in [0.2, 0.25) is 5.91 Å². The Labute approximate surface area is 187 Å². The number of carbonyl (C=O) groups is 2. The Balaban J connectivity index is 1.60. The standard InChI is InChI=1S/C25H26N2O4S/c1-25(2)19-13-20-18(17-6-4-5-7-22(28)23(17)26-20)12-21(19)27(24(25)29)14-15-8-10-16(11-9-15)32(3,30)31/h8-13,26H,4-7,14H2,1-3H3. The molecule has 3 aromatic rings. The number of sulfone groups is 1. The molecule has 2 aliphatic rings. The Morgan fingerprint density at radius 3 is 2.41 bits per heavy atom. The third kappa shape index (κ3) is 3.18. The monoisotopic (exact) mass is 450 g/mol. The number of nitrogens with zero attached hydrogens (tertiary/aromatic N) is 1. The summed E-state index contributed by atoms with van der Waals surface area (Å²) in [7, 11) is -3.27. The molecule has 32 heavy (non-hydrogen) atoms. The van der Waals surface area contributed by atoms with Crippen LogP contribution in [-0.2, 0) is 33.0 Å². The van der Waals surface area contributed by atoms with Crippen LogP contribution in [0.15, 0.2) is 41.3 Å². The first-order valence-electron chi connectivity index (χ1n) is 10.9. The fourth-order valence-electron chi connectivity index (χ4n) is 4.96. The van der Waals surface area contributed by atoms with E-state index in [1.165, 1.54) is 6.26 Å². The predicted octanol–water partition coefficient (Wildman–Crippen LogP) is 4.30. The molecule has 1 amide bonds. The molecule has 1 N–H and O–H groups in total. The van der Waals surface area contributed by atoms with Gasteiger partial charge in [-0.3, -0.25) is 9.59 Å². The quantitative estimate of drug-likeness (QED) is 0.603. The van der Waals surface area contributed by atoms with Crippen LogP contribution in [-0.4, -0.2) is 31.3 Å². The number of ketones is 1. The molecule has 0 unspecified atom stereocenters. The summed E-state index contributed by atoms with van der Waals surface area (Å²) >= 11 is 0. The minimum absolute atomic E-state index is 0.00880. The van der Waals surface area contributed by atoms with E-state index in [2.05, 4.69) is 11.1 Å². The number of anilines is 1. The second kappa shape index (κ2) is 7.04. The third-order valence-electron chi connectivity index (χ3n) is 6.82. The van der Waals surface area contributed by atoms with Crippen LogP contribution in [0.2, 0.25) is 0 Å². The average molecular weight is 451 g/mol. The maximum atomic E-state index is 13.4. The highest BCUT2D eigenvalue weighted by atomic mass is 32.2. The van der Waals surface area contributed by atoms with Crippen LogP contribution in [0.25, 0.3) is 10.9 Å². The maximum Gasteiger partial charge on any atom is 0.237 e. The number of hydrogen-bond acceptors (Lipinski definition) is 4.